The number of aromatic nitrogens is 2. The smallest absolute Gasteiger partial charge is 0.267 e. The van der Waals surface area contributed by atoms with Crippen molar-refractivity contribution in [2.24, 2.45) is 5.10 Å². The minimum Gasteiger partial charge on any atom is -0.267 e. The highest BCUT2D eigenvalue weighted by molar-refractivity contribution is 6.42. The lowest BCUT2D eigenvalue weighted by Gasteiger charge is -2.11. The lowest BCUT2D eigenvalue weighted by atomic mass is 9.97. The molecular weight excluding hydrogens is 382 g/mol. The van der Waals surface area contributed by atoms with Crippen molar-refractivity contribution >= 4 is 50.3 Å². The van der Waals surface area contributed by atoms with Crippen LogP contribution in [0.4, 0.5) is 0 Å². The third kappa shape index (κ3) is 2.80. The lowest BCUT2D eigenvalue weighted by Crippen LogP contribution is -2.20. The monoisotopic (exact) mass is 397 g/mol. The summed E-state index contributed by atoms with van der Waals surface area (Å²) in [7, 11) is 0. The minimum absolute atomic E-state index is 0.188. The fourth-order valence-electron chi connectivity index (χ4n) is 3.73. The topological polar surface area (TPSA) is 47.2 Å². The number of aryl methyl sites for hydroxylation is 1. The molecule has 0 spiro atoms. The maximum absolute atomic E-state index is 12.9. The van der Waals surface area contributed by atoms with Crippen LogP contribution >= 0.6 is 11.6 Å². The van der Waals surface area contributed by atoms with Crippen LogP contribution in [0.25, 0.3) is 32.4 Å². The van der Waals surface area contributed by atoms with E-state index in [1.807, 2.05) is 66.7 Å². The van der Waals surface area contributed by atoms with Crippen molar-refractivity contribution < 1.29 is 0 Å². The first kappa shape index (κ1) is 17.6. The van der Waals surface area contributed by atoms with Crippen LogP contribution in [0.2, 0.25) is 5.02 Å². The minimum atomic E-state index is -0.188. The van der Waals surface area contributed by atoms with Crippen molar-refractivity contribution in [1.29, 1.82) is 0 Å². The maximum atomic E-state index is 12.9. The number of para-hydroxylation sites is 1. The Morgan fingerprint density at radius 3 is 1.97 bits per heavy atom. The van der Waals surface area contributed by atoms with E-state index in [1.54, 1.807) is 19.2 Å². The van der Waals surface area contributed by atoms with E-state index in [-0.39, 0.29) is 5.56 Å². The first-order chi connectivity index (χ1) is 14.1. The zero-order chi connectivity index (χ0) is 20.0. The quantitative estimate of drug-likeness (QED) is 0.290. The molecule has 5 heteroatoms. The van der Waals surface area contributed by atoms with Crippen molar-refractivity contribution in [2.45, 2.75) is 6.92 Å². The molecule has 1 aromatic heterocycles. The van der Waals surface area contributed by atoms with Gasteiger partial charge in [-0.1, -0.05) is 72.3 Å². The second-order valence-electron chi connectivity index (χ2n) is 6.86. The Hall–Kier alpha value is -3.50. The van der Waals surface area contributed by atoms with E-state index in [4.69, 9.17) is 11.6 Å². The summed E-state index contributed by atoms with van der Waals surface area (Å²) in [6.07, 6.45) is 1.73. The SMILES string of the molecule is Cc1nc2ccccc2c(=O)n1/N=C\c1c2ccccc2c(Cl)c2ccccc12. The summed E-state index contributed by atoms with van der Waals surface area (Å²) < 4.78 is 1.35. The Morgan fingerprint density at radius 2 is 1.34 bits per heavy atom. The van der Waals surface area contributed by atoms with Gasteiger partial charge in [-0.15, -0.1) is 0 Å². The van der Waals surface area contributed by atoms with Crippen LogP contribution in [-0.2, 0) is 0 Å². The van der Waals surface area contributed by atoms with Crippen molar-refractivity contribution in [2.75, 3.05) is 0 Å². The fourth-order valence-corrected chi connectivity index (χ4v) is 4.06. The molecule has 0 bridgehead atoms. The van der Waals surface area contributed by atoms with Gasteiger partial charge < -0.3 is 0 Å². The Morgan fingerprint density at radius 1 is 0.828 bits per heavy atom. The molecule has 5 rings (SSSR count). The number of rotatable bonds is 2. The molecule has 4 aromatic carbocycles. The Kier molecular flexibility index (Phi) is 4.14. The molecule has 1 heterocycles. The Bertz CT molecular complexity index is 1440. The van der Waals surface area contributed by atoms with Gasteiger partial charge in [0.1, 0.15) is 5.82 Å². The predicted molar refractivity (Wildman–Crippen MR) is 120 cm³/mol. The molecule has 0 atom stereocenters. The van der Waals surface area contributed by atoms with Crippen molar-refractivity contribution in [3.05, 3.63) is 99.6 Å². The number of nitrogens with zero attached hydrogens (tertiary/aromatic N) is 3. The summed E-state index contributed by atoms with van der Waals surface area (Å²) in [5, 5.41) is 9.67. The molecule has 0 N–H and O–H groups in total. The molecule has 29 heavy (non-hydrogen) atoms. The first-order valence-corrected chi connectivity index (χ1v) is 9.64. The molecule has 0 amide bonds. The summed E-state index contributed by atoms with van der Waals surface area (Å²) in [5.41, 5.74) is 1.40. The number of hydrogen-bond donors (Lipinski definition) is 0. The van der Waals surface area contributed by atoms with E-state index in [2.05, 4.69) is 10.1 Å². The molecule has 0 aliphatic carbocycles. The van der Waals surface area contributed by atoms with Crippen LogP contribution in [0.3, 0.4) is 0 Å². The fraction of sp³-hybridized carbons (Fsp3) is 0.0417. The van der Waals surface area contributed by atoms with Crippen LogP contribution in [-0.4, -0.2) is 15.9 Å². The average molecular weight is 398 g/mol. The molecular formula is C24H16ClN3O. The Labute approximate surface area is 171 Å². The van der Waals surface area contributed by atoms with Gasteiger partial charge in [0.15, 0.2) is 0 Å². The van der Waals surface area contributed by atoms with Gasteiger partial charge in [0.25, 0.3) is 5.56 Å². The number of halogens is 1. The standard InChI is InChI=1S/C24H16ClN3O/c1-15-27-22-13-7-6-12-20(22)24(29)28(15)26-14-21-16-8-2-4-10-18(16)23(25)19-11-5-3-9-17(19)21/h2-14H,1H3/b26-14-. The summed E-state index contributed by atoms with van der Waals surface area (Å²) in [4.78, 5) is 17.5. The lowest BCUT2D eigenvalue weighted by molar-refractivity contribution is 0.771. The third-order valence-corrected chi connectivity index (χ3v) is 5.53. The largest absolute Gasteiger partial charge is 0.282 e. The molecule has 140 valence electrons. The molecule has 0 aliphatic rings. The molecule has 4 nitrogen and oxygen atoms in total. The average Bonchev–Trinajstić information content (AvgIpc) is 2.75. The zero-order valence-electron chi connectivity index (χ0n) is 15.6. The van der Waals surface area contributed by atoms with Crippen LogP contribution in [0.1, 0.15) is 11.4 Å². The maximum Gasteiger partial charge on any atom is 0.282 e. The van der Waals surface area contributed by atoms with Gasteiger partial charge in [-0.25, -0.2) is 4.98 Å². The highest BCUT2D eigenvalue weighted by Crippen LogP contribution is 2.35. The normalized spacial score (nSPS) is 11.8. The molecule has 0 saturated heterocycles. The highest BCUT2D eigenvalue weighted by atomic mass is 35.5. The van der Waals surface area contributed by atoms with E-state index >= 15 is 0 Å². The summed E-state index contributed by atoms with van der Waals surface area (Å²) in [6.45, 7) is 1.78. The van der Waals surface area contributed by atoms with E-state index in [0.717, 1.165) is 27.1 Å². The molecule has 0 saturated carbocycles. The van der Waals surface area contributed by atoms with Gasteiger partial charge in [0.2, 0.25) is 0 Å². The van der Waals surface area contributed by atoms with Crippen molar-refractivity contribution in [1.82, 2.24) is 9.66 Å². The van der Waals surface area contributed by atoms with E-state index < -0.39 is 0 Å². The van der Waals surface area contributed by atoms with Gasteiger partial charge in [-0.3, -0.25) is 4.79 Å². The van der Waals surface area contributed by atoms with Crippen LogP contribution in [0, 0.1) is 6.92 Å². The second-order valence-corrected chi connectivity index (χ2v) is 7.23. The van der Waals surface area contributed by atoms with Gasteiger partial charge in [0.05, 0.1) is 22.1 Å². The van der Waals surface area contributed by atoms with Gasteiger partial charge in [-0.05, 0) is 29.8 Å². The van der Waals surface area contributed by atoms with E-state index in [9.17, 15) is 4.79 Å². The third-order valence-electron chi connectivity index (χ3n) is 5.13. The Balaban J connectivity index is 1.80. The second kappa shape index (κ2) is 6.83. The van der Waals surface area contributed by atoms with Gasteiger partial charge in [0, 0.05) is 16.3 Å². The number of fused-ring (bicyclic) bond motifs is 3. The van der Waals surface area contributed by atoms with Crippen molar-refractivity contribution in [3.63, 3.8) is 0 Å². The van der Waals surface area contributed by atoms with E-state index in [1.165, 1.54) is 4.68 Å². The summed E-state index contributed by atoms with van der Waals surface area (Å²) in [6, 6.07) is 23.2. The number of hydrogen-bond acceptors (Lipinski definition) is 3. The predicted octanol–water partition coefficient (Wildman–Crippen LogP) is 5.55. The van der Waals surface area contributed by atoms with Gasteiger partial charge >= 0.3 is 0 Å². The zero-order valence-corrected chi connectivity index (χ0v) is 16.4. The highest BCUT2D eigenvalue weighted by Gasteiger charge is 2.12. The summed E-state index contributed by atoms with van der Waals surface area (Å²) in [5.74, 6) is 0.535. The summed E-state index contributed by atoms with van der Waals surface area (Å²) >= 11 is 6.67. The molecule has 0 unspecified atom stereocenters. The van der Waals surface area contributed by atoms with Gasteiger partial charge in [-0.2, -0.15) is 9.78 Å². The van der Waals surface area contributed by atoms with Crippen LogP contribution in [0.15, 0.2) is 82.7 Å². The van der Waals surface area contributed by atoms with E-state index in [0.29, 0.717) is 21.7 Å². The molecule has 0 fully saturated rings. The van der Waals surface area contributed by atoms with Crippen LogP contribution < -0.4 is 5.56 Å². The van der Waals surface area contributed by atoms with Crippen LogP contribution in [0.5, 0.6) is 0 Å². The number of benzene rings is 4. The molecule has 0 aliphatic heterocycles. The van der Waals surface area contributed by atoms with Crippen molar-refractivity contribution in [3.8, 4) is 0 Å². The molecule has 5 aromatic rings. The first-order valence-electron chi connectivity index (χ1n) is 9.27. The molecule has 0 radical (unpaired) electrons.